The van der Waals surface area contributed by atoms with Crippen molar-refractivity contribution in [3.8, 4) is 0 Å². The van der Waals surface area contributed by atoms with Crippen LogP contribution in [0.4, 0.5) is 0 Å². The van der Waals surface area contributed by atoms with E-state index < -0.39 is 11.8 Å². The van der Waals surface area contributed by atoms with Gasteiger partial charge in [0.2, 0.25) is 11.8 Å². The summed E-state index contributed by atoms with van der Waals surface area (Å²) in [4.78, 5) is 53.1. The molecule has 2 aliphatic rings. The molecule has 0 radical (unpaired) electrons. The Kier molecular flexibility index (Phi) is 6.78. The summed E-state index contributed by atoms with van der Waals surface area (Å²) in [7, 11) is 0. The summed E-state index contributed by atoms with van der Waals surface area (Å²) in [6.07, 6.45) is 2.42. The van der Waals surface area contributed by atoms with Crippen LogP contribution >= 0.6 is 0 Å². The lowest BCUT2D eigenvalue weighted by Crippen LogP contribution is -2.57. The molecule has 0 aromatic heterocycles. The van der Waals surface area contributed by atoms with Crippen molar-refractivity contribution in [1.29, 1.82) is 0 Å². The van der Waals surface area contributed by atoms with E-state index in [1.807, 2.05) is 13.8 Å². The van der Waals surface area contributed by atoms with Crippen LogP contribution in [-0.2, 0) is 19.2 Å². The van der Waals surface area contributed by atoms with Crippen molar-refractivity contribution in [2.24, 2.45) is 5.92 Å². The lowest BCUT2D eigenvalue weighted by atomic mass is 9.97. The fourth-order valence-electron chi connectivity index (χ4n) is 3.24. The van der Waals surface area contributed by atoms with Gasteiger partial charge in [-0.3, -0.25) is 19.2 Å². The van der Waals surface area contributed by atoms with Gasteiger partial charge in [0.1, 0.15) is 6.54 Å². The molecule has 1 N–H and O–H groups in total. The molecular weight excluding hydrogens is 324 g/mol. The van der Waals surface area contributed by atoms with Crippen molar-refractivity contribution >= 4 is 23.6 Å². The third-order valence-electron chi connectivity index (χ3n) is 4.80. The Bertz CT molecular complexity index is 537. The summed E-state index contributed by atoms with van der Waals surface area (Å²) >= 11 is 0. The lowest BCUT2D eigenvalue weighted by Gasteiger charge is -2.36. The number of rotatable bonds is 6. The molecule has 2 saturated heterocycles. The van der Waals surface area contributed by atoms with Crippen molar-refractivity contribution in [2.75, 3.05) is 45.8 Å². The van der Waals surface area contributed by atoms with Crippen molar-refractivity contribution < 1.29 is 19.2 Å². The molecule has 4 amide bonds. The van der Waals surface area contributed by atoms with E-state index in [0.29, 0.717) is 39.3 Å². The molecule has 2 rings (SSSR count). The zero-order valence-electron chi connectivity index (χ0n) is 15.1. The molecule has 0 spiro atoms. The van der Waals surface area contributed by atoms with Crippen LogP contribution in [0.2, 0.25) is 0 Å². The number of hydrogen-bond acceptors (Lipinski definition) is 4. The van der Waals surface area contributed by atoms with Crippen LogP contribution in [0.3, 0.4) is 0 Å². The molecule has 8 nitrogen and oxygen atoms in total. The standard InChI is InChI=1S/C17H28N4O4/c1-3-7-18-15(23)13-6-5-8-20(11-13)14(22)12-21-10-9-19(4-2)16(24)17(21)25/h13H,3-12H2,1-2H3,(H,18,23). The normalized spacial score (nSPS) is 21.5. The molecule has 0 aromatic carbocycles. The predicted molar refractivity (Wildman–Crippen MR) is 91.4 cm³/mol. The van der Waals surface area contributed by atoms with Crippen LogP contribution in [0.5, 0.6) is 0 Å². The first-order chi connectivity index (χ1) is 12.0. The Morgan fingerprint density at radius 1 is 1.08 bits per heavy atom. The molecule has 140 valence electrons. The van der Waals surface area contributed by atoms with E-state index >= 15 is 0 Å². The zero-order valence-corrected chi connectivity index (χ0v) is 15.1. The molecule has 0 bridgehead atoms. The third-order valence-corrected chi connectivity index (χ3v) is 4.80. The Labute approximate surface area is 148 Å². The van der Waals surface area contributed by atoms with Crippen LogP contribution in [0.15, 0.2) is 0 Å². The van der Waals surface area contributed by atoms with Crippen LogP contribution in [0.1, 0.15) is 33.1 Å². The highest BCUT2D eigenvalue weighted by atomic mass is 16.2. The quantitative estimate of drug-likeness (QED) is 0.649. The molecule has 2 aliphatic heterocycles. The highest BCUT2D eigenvalue weighted by Gasteiger charge is 2.34. The maximum Gasteiger partial charge on any atom is 0.312 e. The first-order valence-corrected chi connectivity index (χ1v) is 9.11. The Morgan fingerprint density at radius 2 is 1.76 bits per heavy atom. The van der Waals surface area contributed by atoms with Gasteiger partial charge in [0.15, 0.2) is 0 Å². The van der Waals surface area contributed by atoms with Gasteiger partial charge in [-0.1, -0.05) is 6.92 Å². The number of likely N-dealkylation sites (tertiary alicyclic amines) is 1. The van der Waals surface area contributed by atoms with Crippen LogP contribution in [0, 0.1) is 5.92 Å². The fourth-order valence-corrected chi connectivity index (χ4v) is 3.24. The maximum absolute atomic E-state index is 12.5. The second-order valence-electron chi connectivity index (χ2n) is 6.58. The van der Waals surface area contributed by atoms with Gasteiger partial charge >= 0.3 is 11.8 Å². The van der Waals surface area contributed by atoms with Crippen LogP contribution in [-0.4, -0.2) is 84.1 Å². The summed E-state index contributed by atoms with van der Waals surface area (Å²) in [5, 5.41) is 2.88. The third kappa shape index (κ3) is 4.70. The number of hydrogen-bond donors (Lipinski definition) is 1. The molecular formula is C17H28N4O4. The first kappa shape index (κ1) is 19.2. The van der Waals surface area contributed by atoms with E-state index in [-0.39, 0.29) is 24.3 Å². The van der Waals surface area contributed by atoms with E-state index in [1.54, 1.807) is 4.90 Å². The Balaban J connectivity index is 1.89. The molecule has 25 heavy (non-hydrogen) atoms. The summed E-state index contributed by atoms with van der Waals surface area (Å²) in [5.41, 5.74) is 0. The van der Waals surface area contributed by atoms with Gasteiger partial charge in [-0.15, -0.1) is 0 Å². The van der Waals surface area contributed by atoms with Gasteiger partial charge in [0, 0.05) is 39.3 Å². The SMILES string of the molecule is CCCNC(=O)C1CCCN(C(=O)CN2CCN(CC)C(=O)C2=O)C1. The number of piperazine rings is 1. The predicted octanol–water partition coefficient (Wildman–Crippen LogP) is -0.558. The van der Waals surface area contributed by atoms with Gasteiger partial charge in [0.05, 0.1) is 5.92 Å². The lowest BCUT2D eigenvalue weighted by molar-refractivity contribution is -0.157. The Morgan fingerprint density at radius 3 is 2.44 bits per heavy atom. The second kappa shape index (κ2) is 8.82. The van der Waals surface area contributed by atoms with Crippen molar-refractivity contribution in [2.45, 2.75) is 33.1 Å². The molecule has 0 saturated carbocycles. The number of nitrogens with one attached hydrogen (secondary N) is 1. The molecule has 0 aromatic rings. The van der Waals surface area contributed by atoms with E-state index in [9.17, 15) is 19.2 Å². The van der Waals surface area contributed by atoms with E-state index in [0.717, 1.165) is 19.3 Å². The first-order valence-electron chi connectivity index (χ1n) is 9.11. The summed E-state index contributed by atoms with van der Waals surface area (Å²) in [5.74, 6) is -1.56. The summed E-state index contributed by atoms with van der Waals surface area (Å²) < 4.78 is 0. The molecule has 0 aliphatic carbocycles. The highest BCUT2D eigenvalue weighted by Crippen LogP contribution is 2.17. The molecule has 2 fully saturated rings. The fraction of sp³-hybridized carbons (Fsp3) is 0.765. The monoisotopic (exact) mass is 352 g/mol. The minimum atomic E-state index is -0.615. The number of nitrogens with zero attached hydrogens (tertiary/aromatic N) is 3. The van der Waals surface area contributed by atoms with E-state index in [4.69, 9.17) is 0 Å². The number of amides is 4. The summed E-state index contributed by atoms with van der Waals surface area (Å²) in [6.45, 7) is 6.66. The van der Waals surface area contributed by atoms with Gasteiger partial charge in [-0.2, -0.15) is 0 Å². The van der Waals surface area contributed by atoms with Gasteiger partial charge < -0.3 is 20.0 Å². The molecule has 1 unspecified atom stereocenters. The highest BCUT2D eigenvalue weighted by molar-refractivity contribution is 6.35. The number of piperidine rings is 1. The van der Waals surface area contributed by atoms with E-state index in [2.05, 4.69) is 5.32 Å². The van der Waals surface area contributed by atoms with Gasteiger partial charge in [0.25, 0.3) is 0 Å². The molecule has 1 atom stereocenters. The van der Waals surface area contributed by atoms with Crippen LogP contribution < -0.4 is 5.32 Å². The largest absolute Gasteiger partial charge is 0.356 e. The molecule has 2 heterocycles. The smallest absolute Gasteiger partial charge is 0.312 e. The topological polar surface area (TPSA) is 90.0 Å². The average molecular weight is 352 g/mol. The van der Waals surface area contributed by atoms with Crippen molar-refractivity contribution in [3.05, 3.63) is 0 Å². The van der Waals surface area contributed by atoms with Gasteiger partial charge in [-0.05, 0) is 26.2 Å². The van der Waals surface area contributed by atoms with Crippen LogP contribution in [0.25, 0.3) is 0 Å². The van der Waals surface area contributed by atoms with E-state index in [1.165, 1.54) is 9.80 Å². The minimum absolute atomic E-state index is 0.0119. The second-order valence-corrected chi connectivity index (χ2v) is 6.58. The number of carbonyl (C=O) groups excluding carboxylic acids is 4. The average Bonchev–Trinajstić information content (AvgIpc) is 2.63. The van der Waals surface area contributed by atoms with Crippen molar-refractivity contribution in [3.63, 3.8) is 0 Å². The van der Waals surface area contributed by atoms with Crippen molar-refractivity contribution in [1.82, 2.24) is 20.0 Å². The zero-order chi connectivity index (χ0) is 18.4. The minimum Gasteiger partial charge on any atom is -0.356 e. The maximum atomic E-state index is 12.5. The number of likely N-dealkylation sites (N-methyl/N-ethyl adjacent to an activating group) is 1. The number of carbonyl (C=O) groups is 4. The van der Waals surface area contributed by atoms with Gasteiger partial charge in [-0.25, -0.2) is 0 Å². The Hall–Kier alpha value is -2.12. The summed E-state index contributed by atoms with van der Waals surface area (Å²) in [6, 6.07) is 0. The molecule has 8 heteroatoms.